The van der Waals surface area contributed by atoms with E-state index < -0.39 is 5.91 Å². The van der Waals surface area contributed by atoms with E-state index in [1.54, 1.807) is 18.2 Å². The molecule has 134 valence electrons. The minimum absolute atomic E-state index is 0.200. The van der Waals surface area contributed by atoms with Gasteiger partial charge in [0.15, 0.2) is 0 Å². The largest absolute Gasteiger partial charge is 0.369 e. The summed E-state index contributed by atoms with van der Waals surface area (Å²) in [5.41, 5.74) is 8.09. The molecule has 1 unspecified atom stereocenters. The minimum Gasteiger partial charge on any atom is -0.369 e. The van der Waals surface area contributed by atoms with Gasteiger partial charge in [0.1, 0.15) is 12.1 Å². The Bertz CT molecular complexity index is 1060. The van der Waals surface area contributed by atoms with E-state index >= 15 is 0 Å². The number of anilines is 2. The van der Waals surface area contributed by atoms with Crippen LogP contribution >= 0.6 is 0 Å². The van der Waals surface area contributed by atoms with Crippen LogP contribution < -0.4 is 16.0 Å². The predicted molar refractivity (Wildman–Crippen MR) is 103 cm³/mol. The summed E-state index contributed by atoms with van der Waals surface area (Å²) in [7, 11) is 0. The molecule has 0 bridgehead atoms. The van der Waals surface area contributed by atoms with Crippen molar-refractivity contribution in [3.8, 4) is 6.07 Å². The molecule has 1 fully saturated rings. The van der Waals surface area contributed by atoms with Gasteiger partial charge in [0.25, 0.3) is 5.91 Å². The molecule has 3 aromatic rings. The summed E-state index contributed by atoms with van der Waals surface area (Å²) >= 11 is 0. The molecular weight excluding hydrogens is 340 g/mol. The Morgan fingerprint density at radius 2 is 2.11 bits per heavy atom. The van der Waals surface area contributed by atoms with Gasteiger partial charge in [-0.2, -0.15) is 5.26 Å². The van der Waals surface area contributed by atoms with Crippen LogP contribution in [0.1, 0.15) is 22.3 Å². The zero-order valence-electron chi connectivity index (χ0n) is 14.6. The molecule has 0 aliphatic carbocycles. The number of hydrogen-bond acceptors (Lipinski definition) is 6. The number of nitrogens with one attached hydrogen (secondary N) is 1. The lowest BCUT2D eigenvalue weighted by molar-refractivity contribution is 0.100. The van der Waals surface area contributed by atoms with Crippen molar-refractivity contribution in [3.63, 3.8) is 0 Å². The molecule has 1 aliphatic rings. The van der Waals surface area contributed by atoms with Crippen LogP contribution in [0.4, 0.5) is 11.5 Å². The Balaban J connectivity index is 1.56. The molecule has 1 amide bonds. The van der Waals surface area contributed by atoms with E-state index in [1.165, 1.54) is 6.33 Å². The molecule has 0 spiro atoms. The fraction of sp³-hybridized carbons (Fsp3) is 0.200. The number of carbonyl (C=O) groups is 1. The first kappa shape index (κ1) is 16.8. The molecule has 2 aromatic carbocycles. The third-order valence-electron chi connectivity index (χ3n) is 4.80. The first-order chi connectivity index (χ1) is 13.2. The number of nitrogens with two attached hydrogens (primary N) is 1. The molecule has 1 atom stereocenters. The second-order valence-electron chi connectivity index (χ2n) is 6.53. The Kier molecular flexibility index (Phi) is 4.30. The highest BCUT2D eigenvalue weighted by atomic mass is 16.1. The maximum atomic E-state index is 11.6. The monoisotopic (exact) mass is 358 g/mol. The first-order valence-corrected chi connectivity index (χ1v) is 8.71. The molecule has 1 aromatic heterocycles. The van der Waals surface area contributed by atoms with Gasteiger partial charge in [-0.25, -0.2) is 9.97 Å². The van der Waals surface area contributed by atoms with Gasteiger partial charge >= 0.3 is 0 Å². The fourth-order valence-electron chi connectivity index (χ4n) is 3.48. The highest BCUT2D eigenvalue weighted by molar-refractivity contribution is 6.06. The van der Waals surface area contributed by atoms with Crippen molar-refractivity contribution >= 4 is 28.3 Å². The number of para-hydroxylation sites is 1. The van der Waals surface area contributed by atoms with Crippen LogP contribution in [0.5, 0.6) is 0 Å². The summed E-state index contributed by atoms with van der Waals surface area (Å²) in [6, 6.07) is 15.3. The number of amides is 1. The molecule has 2 heterocycles. The van der Waals surface area contributed by atoms with Gasteiger partial charge in [0.2, 0.25) is 0 Å². The summed E-state index contributed by atoms with van der Waals surface area (Å²) < 4.78 is 0. The van der Waals surface area contributed by atoms with E-state index in [2.05, 4.69) is 26.3 Å². The average molecular weight is 358 g/mol. The smallest absolute Gasteiger partial charge is 0.250 e. The summed E-state index contributed by atoms with van der Waals surface area (Å²) in [5, 5.41) is 13.3. The molecule has 7 nitrogen and oxygen atoms in total. The molecule has 1 saturated heterocycles. The van der Waals surface area contributed by atoms with Crippen molar-refractivity contribution < 1.29 is 4.79 Å². The van der Waals surface area contributed by atoms with E-state index in [0.29, 0.717) is 22.5 Å². The van der Waals surface area contributed by atoms with Crippen molar-refractivity contribution in [2.45, 2.75) is 12.5 Å². The van der Waals surface area contributed by atoms with Gasteiger partial charge in [-0.15, -0.1) is 0 Å². The molecule has 1 aliphatic heterocycles. The van der Waals surface area contributed by atoms with Gasteiger partial charge in [-0.05, 0) is 36.8 Å². The van der Waals surface area contributed by atoms with Crippen LogP contribution in [-0.4, -0.2) is 35.0 Å². The maximum absolute atomic E-state index is 11.6. The van der Waals surface area contributed by atoms with Crippen molar-refractivity contribution in [1.82, 2.24) is 9.97 Å². The highest BCUT2D eigenvalue weighted by Gasteiger charge is 2.24. The van der Waals surface area contributed by atoms with Crippen LogP contribution in [-0.2, 0) is 0 Å². The molecule has 3 N–H and O–H groups in total. The number of nitrogens with zero attached hydrogens (tertiary/aromatic N) is 4. The predicted octanol–water partition coefficient (Wildman–Crippen LogP) is 2.29. The standard InChI is InChI=1S/C20H18N6O/c21-10-13-3-1-4-15(9-13)26-8-7-14(11-26)25-20-17-6-2-5-16(19(22)27)18(17)23-12-24-20/h1-6,9,12,14H,7-8,11H2,(H2,22,27)(H,23,24,25). The van der Waals surface area contributed by atoms with Crippen LogP contribution in [0.15, 0.2) is 48.8 Å². The number of primary amides is 1. The van der Waals surface area contributed by atoms with E-state index in [1.807, 2.05) is 24.3 Å². The summed E-state index contributed by atoms with van der Waals surface area (Å²) in [6.07, 6.45) is 2.39. The molecule has 27 heavy (non-hydrogen) atoms. The summed E-state index contributed by atoms with van der Waals surface area (Å²) in [5.74, 6) is 0.190. The quantitative estimate of drug-likeness (QED) is 0.741. The molecule has 0 saturated carbocycles. The second kappa shape index (κ2) is 6.92. The molecule has 0 radical (unpaired) electrons. The van der Waals surface area contributed by atoms with Crippen LogP contribution in [0.3, 0.4) is 0 Å². The molecule has 7 heteroatoms. The number of hydrogen-bond donors (Lipinski definition) is 2. The van der Waals surface area contributed by atoms with Crippen molar-refractivity contribution in [2.24, 2.45) is 5.73 Å². The first-order valence-electron chi connectivity index (χ1n) is 8.71. The third kappa shape index (κ3) is 3.25. The minimum atomic E-state index is -0.505. The van der Waals surface area contributed by atoms with Gasteiger partial charge in [-0.1, -0.05) is 12.1 Å². The SMILES string of the molecule is N#Cc1cccc(N2CCC(Nc3ncnc4c(C(N)=O)cccc34)C2)c1. The summed E-state index contributed by atoms with van der Waals surface area (Å²) in [6.45, 7) is 1.69. The normalized spacial score (nSPS) is 16.3. The van der Waals surface area contributed by atoms with E-state index in [-0.39, 0.29) is 6.04 Å². The Morgan fingerprint density at radius 3 is 2.93 bits per heavy atom. The number of aromatic nitrogens is 2. The van der Waals surface area contributed by atoms with Crippen molar-refractivity contribution in [2.75, 3.05) is 23.3 Å². The molecule has 4 rings (SSSR count). The van der Waals surface area contributed by atoms with Gasteiger partial charge in [0, 0.05) is 30.2 Å². The molecular formula is C20H18N6O. The van der Waals surface area contributed by atoms with Gasteiger partial charge in [-0.3, -0.25) is 4.79 Å². The Hall–Kier alpha value is -3.66. The number of nitriles is 1. The van der Waals surface area contributed by atoms with Crippen molar-refractivity contribution in [3.05, 3.63) is 59.9 Å². The van der Waals surface area contributed by atoms with E-state index in [0.717, 1.165) is 30.6 Å². The van der Waals surface area contributed by atoms with Crippen LogP contribution in [0.25, 0.3) is 10.9 Å². The number of rotatable bonds is 4. The number of fused-ring (bicyclic) bond motifs is 1. The lowest BCUT2D eigenvalue weighted by atomic mass is 10.1. The highest BCUT2D eigenvalue weighted by Crippen LogP contribution is 2.26. The number of benzene rings is 2. The summed E-state index contributed by atoms with van der Waals surface area (Å²) in [4.78, 5) is 22.5. The lowest BCUT2D eigenvalue weighted by Gasteiger charge is -2.20. The second-order valence-corrected chi connectivity index (χ2v) is 6.53. The Labute approximate surface area is 156 Å². The maximum Gasteiger partial charge on any atom is 0.250 e. The van der Waals surface area contributed by atoms with E-state index in [4.69, 9.17) is 11.0 Å². The number of carbonyl (C=O) groups excluding carboxylic acids is 1. The zero-order valence-corrected chi connectivity index (χ0v) is 14.6. The Morgan fingerprint density at radius 1 is 1.26 bits per heavy atom. The van der Waals surface area contributed by atoms with Crippen molar-refractivity contribution in [1.29, 1.82) is 5.26 Å². The van der Waals surface area contributed by atoms with Crippen LogP contribution in [0, 0.1) is 11.3 Å². The topological polar surface area (TPSA) is 108 Å². The van der Waals surface area contributed by atoms with Gasteiger partial charge in [0.05, 0.1) is 22.7 Å². The van der Waals surface area contributed by atoms with E-state index in [9.17, 15) is 4.79 Å². The fourth-order valence-corrected chi connectivity index (χ4v) is 3.48. The third-order valence-corrected chi connectivity index (χ3v) is 4.80. The van der Waals surface area contributed by atoms with Gasteiger partial charge < -0.3 is 16.0 Å². The van der Waals surface area contributed by atoms with Crippen LogP contribution in [0.2, 0.25) is 0 Å². The zero-order chi connectivity index (χ0) is 18.8. The lowest BCUT2D eigenvalue weighted by Crippen LogP contribution is -2.26. The average Bonchev–Trinajstić information content (AvgIpc) is 3.16.